The van der Waals surface area contributed by atoms with Gasteiger partial charge in [-0.2, -0.15) is 0 Å². The van der Waals surface area contributed by atoms with Crippen LogP contribution in [0.15, 0.2) is 66.9 Å². The van der Waals surface area contributed by atoms with Crippen molar-refractivity contribution in [2.75, 3.05) is 14.2 Å². The van der Waals surface area contributed by atoms with Crippen molar-refractivity contribution in [1.29, 1.82) is 0 Å². The largest absolute Gasteiger partial charge is 0.496 e. The van der Waals surface area contributed by atoms with Crippen LogP contribution in [-0.2, 0) is 27.3 Å². The van der Waals surface area contributed by atoms with Gasteiger partial charge >= 0.3 is 5.97 Å². The Hall–Kier alpha value is -5.36. The molecule has 0 radical (unpaired) electrons. The molecule has 1 aliphatic rings. The summed E-state index contributed by atoms with van der Waals surface area (Å²) in [6.07, 6.45) is 1.99. The van der Waals surface area contributed by atoms with Gasteiger partial charge in [0.1, 0.15) is 23.1 Å². The van der Waals surface area contributed by atoms with Crippen LogP contribution in [-0.4, -0.2) is 72.3 Å². The molecule has 3 atom stereocenters. The molecular weight excluding hydrogens is 638 g/mol. The van der Waals surface area contributed by atoms with Gasteiger partial charge < -0.3 is 41.2 Å². The molecule has 0 saturated heterocycles. The van der Waals surface area contributed by atoms with Gasteiger partial charge in [-0.15, -0.1) is 0 Å². The maximum Gasteiger partial charge on any atom is 0.339 e. The van der Waals surface area contributed by atoms with Crippen molar-refractivity contribution in [3.05, 3.63) is 106 Å². The number of carbonyl (C=O) groups is 4. The van der Waals surface area contributed by atoms with Crippen molar-refractivity contribution in [3.63, 3.8) is 0 Å². The number of aryl methyl sites for hydroxylation is 2. The normalized spacial score (nSPS) is 14.8. The summed E-state index contributed by atoms with van der Waals surface area (Å²) in [6.45, 7) is 11.9. The van der Waals surface area contributed by atoms with E-state index in [4.69, 9.17) is 10.5 Å². The molecule has 1 heterocycles. The zero-order valence-corrected chi connectivity index (χ0v) is 30.0. The van der Waals surface area contributed by atoms with Gasteiger partial charge in [0.05, 0.1) is 24.9 Å². The highest BCUT2D eigenvalue weighted by Gasteiger charge is 2.34. The molecule has 12 nitrogen and oxygen atoms in total. The summed E-state index contributed by atoms with van der Waals surface area (Å²) in [5.41, 5.74) is 10.9. The van der Waals surface area contributed by atoms with Crippen LogP contribution in [0.2, 0.25) is 0 Å². The lowest BCUT2D eigenvalue weighted by molar-refractivity contribution is -0.139. The zero-order chi connectivity index (χ0) is 37.2. The molecule has 4 rings (SSSR count). The van der Waals surface area contributed by atoms with Crippen LogP contribution in [0.3, 0.4) is 0 Å². The number of carbonyl (C=O) groups excluding carboxylic acids is 3. The zero-order valence-electron chi connectivity index (χ0n) is 30.0. The van der Waals surface area contributed by atoms with E-state index in [2.05, 4.69) is 20.7 Å². The average molecular weight is 688 g/mol. The first-order chi connectivity index (χ1) is 23.6. The maximum atomic E-state index is 14.3. The van der Waals surface area contributed by atoms with E-state index in [1.54, 1.807) is 42.3 Å². The fourth-order valence-corrected chi connectivity index (χ4v) is 5.61. The minimum atomic E-state index is -1.11. The first-order valence-electron chi connectivity index (χ1n) is 16.3. The highest BCUT2D eigenvalue weighted by atomic mass is 16.5. The molecule has 0 saturated carbocycles. The summed E-state index contributed by atoms with van der Waals surface area (Å²) in [5, 5.41) is 19.8. The van der Waals surface area contributed by atoms with E-state index in [1.165, 1.54) is 7.11 Å². The maximum absolute atomic E-state index is 14.3. The number of nitrogens with zero attached hydrogens (tertiary/aromatic N) is 1. The SMILES string of the molecule is CC(C)(C)OC=O.CNC(Cc1c(C)cc(C(N)=O)cc1C)C(=O)N(Cc1ccc(OC)c(C(=O)O)c1)C(C)C1NC=C(c2ccccc2)N1. The van der Waals surface area contributed by atoms with Gasteiger partial charge in [-0.05, 0) is 107 Å². The fourth-order valence-electron chi connectivity index (χ4n) is 5.61. The number of carboxylic acid groups (broad SMARTS) is 1. The summed E-state index contributed by atoms with van der Waals surface area (Å²) in [4.78, 5) is 49.4. The molecule has 1 aliphatic heterocycles. The monoisotopic (exact) mass is 687 g/mol. The summed E-state index contributed by atoms with van der Waals surface area (Å²) in [6, 6.07) is 17.4. The molecule has 3 aromatic carbocycles. The van der Waals surface area contributed by atoms with Crippen LogP contribution < -0.4 is 26.4 Å². The number of methoxy groups -OCH3 is 1. The number of hydrogen-bond donors (Lipinski definition) is 5. The van der Waals surface area contributed by atoms with Crippen LogP contribution in [0.25, 0.3) is 5.70 Å². The number of benzene rings is 3. The topological polar surface area (TPSA) is 172 Å². The molecule has 268 valence electrons. The number of amides is 2. The predicted octanol–water partition coefficient (Wildman–Crippen LogP) is 4.13. The summed E-state index contributed by atoms with van der Waals surface area (Å²) >= 11 is 0. The minimum Gasteiger partial charge on any atom is -0.496 e. The molecule has 0 bridgehead atoms. The predicted molar refractivity (Wildman–Crippen MR) is 192 cm³/mol. The van der Waals surface area contributed by atoms with Gasteiger partial charge in [0.2, 0.25) is 11.8 Å². The summed E-state index contributed by atoms with van der Waals surface area (Å²) in [5.74, 6) is -1.52. The lowest BCUT2D eigenvalue weighted by Crippen LogP contribution is -2.57. The highest BCUT2D eigenvalue weighted by Crippen LogP contribution is 2.25. The quantitative estimate of drug-likeness (QED) is 0.165. The Morgan fingerprint density at radius 1 is 1.06 bits per heavy atom. The van der Waals surface area contributed by atoms with Crippen LogP contribution in [0.5, 0.6) is 5.75 Å². The first kappa shape index (κ1) is 39.1. The lowest BCUT2D eigenvalue weighted by Gasteiger charge is -2.36. The third-order valence-electron chi connectivity index (χ3n) is 8.34. The molecule has 2 amide bonds. The van der Waals surface area contributed by atoms with Crippen LogP contribution in [0.4, 0.5) is 0 Å². The second-order valence-electron chi connectivity index (χ2n) is 13.1. The van der Waals surface area contributed by atoms with Gasteiger partial charge in [-0.1, -0.05) is 36.4 Å². The number of likely N-dealkylation sites (N-methyl/N-ethyl adjacent to an activating group) is 1. The third kappa shape index (κ3) is 10.3. The number of nitrogens with one attached hydrogen (secondary N) is 3. The number of carboxylic acids is 1. The Balaban J connectivity index is 0.000000872. The molecular formula is C38H49N5O7. The van der Waals surface area contributed by atoms with Crippen LogP contribution >= 0.6 is 0 Å². The number of primary amides is 1. The van der Waals surface area contributed by atoms with Crippen LogP contribution in [0.1, 0.15) is 76.2 Å². The number of aromatic carboxylic acids is 1. The Kier molecular flexibility index (Phi) is 13.6. The molecule has 0 spiro atoms. The molecule has 3 aromatic rings. The van der Waals surface area contributed by atoms with E-state index in [9.17, 15) is 24.3 Å². The van der Waals surface area contributed by atoms with Crippen molar-refractivity contribution < 1.29 is 33.8 Å². The van der Waals surface area contributed by atoms with E-state index < -0.39 is 17.9 Å². The van der Waals surface area contributed by atoms with E-state index in [-0.39, 0.29) is 41.6 Å². The molecule has 3 unspecified atom stereocenters. The standard InChI is InChI=1S/C33H39N5O5.C5H10O2/c1-19-13-24(30(34)39)14-20(2)25(19)16-27(35-4)32(40)38(18-22-11-12-29(43-5)26(15-22)33(41)42)21(3)31-36-17-28(37-31)23-9-7-6-8-10-23;1-5(2,3)7-4-6/h6-15,17,21,27,31,35-37H,16,18H2,1-5H3,(H2,34,39)(H,41,42);4H,1-3H3. The van der Waals surface area contributed by atoms with Gasteiger partial charge in [-0.3, -0.25) is 14.4 Å². The number of rotatable bonds is 13. The van der Waals surface area contributed by atoms with Gasteiger partial charge in [-0.25, -0.2) is 4.79 Å². The number of hydrogen-bond acceptors (Lipinski definition) is 9. The number of nitrogens with two attached hydrogens (primary N) is 1. The van der Waals surface area contributed by atoms with Gasteiger partial charge in [0, 0.05) is 18.3 Å². The molecule has 6 N–H and O–H groups in total. The number of ether oxygens (including phenoxy) is 2. The van der Waals surface area contributed by atoms with Crippen molar-refractivity contribution in [2.45, 2.75) is 78.4 Å². The lowest BCUT2D eigenvalue weighted by atomic mass is 9.93. The van der Waals surface area contributed by atoms with E-state index >= 15 is 0 Å². The molecule has 0 aliphatic carbocycles. The molecule has 12 heteroatoms. The first-order valence-corrected chi connectivity index (χ1v) is 16.3. The van der Waals surface area contributed by atoms with Crippen molar-refractivity contribution >= 4 is 30.0 Å². The van der Waals surface area contributed by atoms with Crippen molar-refractivity contribution in [2.24, 2.45) is 5.73 Å². The van der Waals surface area contributed by atoms with Gasteiger partial charge in [0.15, 0.2) is 0 Å². The van der Waals surface area contributed by atoms with Gasteiger partial charge in [0.25, 0.3) is 6.47 Å². The summed E-state index contributed by atoms with van der Waals surface area (Å²) < 4.78 is 9.79. The molecule has 50 heavy (non-hydrogen) atoms. The van der Waals surface area contributed by atoms with Crippen molar-refractivity contribution in [1.82, 2.24) is 20.9 Å². The highest BCUT2D eigenvalue weighted by molar-refractivity contribution is 5.93. The smallest absolute Gasteiger partial charge is 0.339 e. The fraction of sp³-hybridized carbons (Fsp3) is 0.368. The van der Waals surface area contributed by atoms with Crippen LogP contribution in [0, 0.1) is 13.8 Å². The van der Waals surface area contributed by atoms with E-state index in [0.717, 1.165) is 28.0 Å². The van der Waals surface area contributed by atoms with Crippen molar-refractivity contribution in [3.8, 4) is 5.75 Å². The third-order valence-corrected chi connectivity index (χ3v) is 8.34. The second-order valence-corrected chi connectivity index (χ2v) is 13.1. The second kappa shape index (κ2) is 17.3. The Labute approximate surface area is 294 Å². The average Bonchev–Trinajstić information content (AvgIpc) is 3.57. The molecule has 0 aromatic heterocycles. The summed E-state index contributed by atoms with van der Waals surface area (Å²) in [7, 11) is 3.16. The Morgan fingerprint density at radius 2 is 1.70 bits per heavy atom. The Morgan fingerprint density at radius 3 is 2.20 bits per heavy atom. The minimum absolute atomic E-state index is 0.0242. The van der Waals surface area contributed by atoms with E-state index in [1.807, 2.05) is 78.1 Å². The van der Waals surface area contributed by atoms with E-state index in [0.29, 0.717) is 24.0 Å². The Bertz CT molecular complexity index is 1680. The molecule has 0 fully saturated rings.